The summed E-state index contributed by atoms with van der Waals surface area (Å²) < 4.78 is 1.81. The molecule has 21 heavy (non-hydrogen) atoms. The van der Waals surface area contributed by atoms with E-state index >= 15 is 0 Å². The quantitative estimate of drug-likeness (QED) is 0.803. The van der Waals surface area contributed by atoms with E-state index in [0.29, 0.717) is 18.1 Å². The number of nitrogens with zero attached hydrogens (tertiary/aromatic N) is 4. The maximum Gasteiger partial charge on any atom is 0.104 e. The van der Waals surface area contributed by atoms with Crippen molar-refractivity contribution in [2.45, 2.75) is 13.1 Å². The Morgan fingerprint density at radius 2 is 2.00 bits per heavy atom. The number of hydrogen-bond donors (Lipinski definition) is 1. The second kappa shape index (κ2) is 6.03. The first-order valence-corrected chi connectivity index (χ1v) is 6.93. The fraction of sp³-hybridized carbons (Fsp3) is 0.133. The van der Waals surface area contributed by atoms with Crippen LogP contribution in [0.3, 0.4) is 0 Å². The molecule has 0 aliphatic rings. The van der Waals surface area contributed by atoms with Gasteiger partial charge in [0.2, 0.25) is 0 Å². The van der Waals surface area contributed by atoms with Crippen LogP contribution in [0, 0.1) is 0 Å². The molecule has 2 aromatic heterocycles. The van der Waals surface area contributed by atoms with Gasteiger partial charge >= 0.3 is 0 Å². The van der Waals surface area contributed by atoms with Crippen molar-refractivity contribution in [1.82, 2.24) is 20.0 Å². The molecule has 2 heterocycles. The maximum absolute atomic E-state index is 6.21. The summed E-state index contributed by atoms with van der Waals surface area (Å²) >= 11 is 6.21. The van der Waals surface area contributed by atoms with E-state index in [4.69, 9.17) is 17.3 Å². The monoisotopic (exact) mass is 299 g/mol. The standard InChI is InChI=1S/C15H14ClN5/c16-13-6-2-1-4-12(13)10-21-15(14(8-17)19-20-21)11-5-3-7-18-9-11/h1-7,9H,8,10,17H2. The van der Waals surface area contributed by atoms with Crippen molar-refractivity contribution in [3.8, 4) is 11.3 Å². The molecule has 0 fully saturated rings. The van der Waals surface area contributed by atoms with Crippen molar-refractivity contribution in [3.05, 3.63) is 65.1 Å². The fourth-order valence-corrected chi connectivity index (χ4v) is 2.40. The molecule has 0 unspecified atom stereocenters. The van der Waals surface area contributed by atoms with E-state index in [1.54, 1.807) is 17.1 Å². The zero-order valence-corrected chi connectivity index (χ0v) is 12.0. The number of rotatable bonds is 4. The minimum absolute atomic E-state index is 0.326. The highest BCUT2D eigenvalue weighted by atomic mass is 35.5. The lowest BCUT2D eigenvalue weighted by Crippen LogP contribution is -2.06. The van der Waals surface area contributed by atoms with Crippen molar-refractivity contribution in [3.63, 3.8) is 0 Å². The van der Waals surface area contributed by atoms with Crippen LogP contribution in [0.25, 0.3) is 11.3 Å². The molecule has 0 aliphatic carbocycles. The van der Waals surface area contributed by atoms with Crippen LogP contribution in [0.1, 0.15) is 11.3 Å². The summed E-state index contributed by atoms with van der Waals surface area (Å²) in [7, 11) is 0. The van der Waals surface area contributed by atoms with Crippen LogP contribution in [-0.4, -0.2) is 20.0 Å². The van der Waals surface area contributed by atoms with E-state index in [1.807, 2.05) is 36.4 Å². The van der Waals surface area contributed by atoms with Crippen molar-refractivity contribution < 1.29 is 0 Å². The van der Waals surface area contributed by atoms with E-state index in [1.165, 1.54) is 0 Å². The van der Waals surface area contributed by atoms with Gasteiger partial charge in [-0.25, -0.2) is 4.68 Å². The lowest BCUT2D eigenvalue weighted by Gasteiger charge is -2.09. The minimum Gasteiger partial charge on any atom is -0.325 e. The fourth-order valence-electron chi connectivity index (χ4n) is 2.20. The van der Waals surface area contributed by atoms with Crippen LogP contribution in [0.15, 0.2) is 48.8 Å². The Morgan fingerprint density at radius 1 is 1.14 bits per heavy atom. The van der Waals surface area contributed by atoms with Gasteiger partial charge in [-0.2, -0.15) is 0 Å². The van der Waals surface area contributed by atoms with Gasteiger partial charge in [-0.1, -0.05) is 35.0 Å². The van der Waals surface area contributed by atoms with Crippen LogP contribution in [0.5, 0.6) is 0 Å². The summed E-state index contributed by atoms with van der Waals surface area (Å²) in [6, 6.07) is 11.5. The van der Waals surface area contributed by atoms with Crippen LogP contribution in [-0.2, 0) is 13.1 Å². The molecule has 0 amide bonds. The molecule has 0 saturated carbocycles. The lowest BCUT2D eigenvalue weighted by molar-refractivity contribution is 0.655. The van der Waals surface area contributed by atoms with Crippen molar-refractivity contribution >= 4 is 11.6 Å². The third-order valence-corrected chi connectivity index (χ3v) is 3.58. The molecule has 3 aromatic rings. The Morgan fingerprint density at radius 3 is 2.71 bits per heavy atom. The molecule has 1 aromatic carbocycles. The van der Waals surface area contributed by atoms with Crippen LogP contribution in [0.4, 0.5) is 0 Å². The third kappa shape index (κ3) is 2.79. The first-order valence-electron chi connectivity index (χ1n) is 6.56. The highest BCUT2D eigenvalue weighted by Gasteiger charge is 2.15. The van der Waals surface area contributed by atoms with Gasteiger partial charge in [-0.05, 0) is 23.8 Å². The summed E-state index contributed by atoms with van der Waals surface area (Å²) in [6.07, 6.45) is 3.51. The van der Waals surface area contributed by atoms with Crippen LogP contribution >= 0.6 is 11.6 Å². The molecule has 5 nitrogen and oxygen atoms in total. The second-order valence-electron chi connectivity index (χ2n) is 4.58. The average molecular weight is 300 g/mol. The topological polar surface area (TPSA) is 69.6 Å². The summed E-state index contributed by atoms with van der Waals surface area (Å²) in [6.45, 7) is 0.865. The SMILES string of the molecule is NCc1nnn(Cc2ccccc2Cl)c1-c1cccnc1. The molecule has 0 bridgehead atoms. The molecular formula is C15H14ClN5. The average Bonchev–Trinajstić information content (AvgIpc) is 2.93. The summed E-state index contributed by atoms with van der Waals surface area (Å²) in [4.78, 5) is 4.15. The van der Waals surface area contributed by atoms with Gasteiger partial charge in [0.15, 0.2) is 0 Å². The number of benzene rings is 1. The maximum atomic E-state index is 6.21. The van der Waals surface area contributed by atoms with E-state index in [9.17, 15) is 0 Å². The van der Waals surface area contributed by atoms with Crippen LogP contribution in [0.2, 0.25) is 5.02 Å². The van der Waals surface area contributed by atoms with Gasteiger partial charge in [0.1, 0.15) is 5.69 Å². The first-order chi connectivity index (χ1) is 10.3. The Hall–Kier alpha value is -2.24. The van der Waals surface area contributed by atoms with E-state index in [2.05, 4.69) is 15.3 Å². The zero-order valence-electron chi connectivity index (χ0n) is 11.3. The largest absolute Gasteiger partial charge is 0.325 e. The highest BCUT2D eigenvalue weighted by molar-refractivity contribution is 6.31. The van der Waals surface area contributed by atoms with Crippen molar-refractivity contribution in [2.24, 2.45) is 5.73 Å². The van der Waals surface area contributed by atoms with E-state index < -0.39 is 0 Å². The molecule has 0 radical (unpaired) electrons. The molecule has 106 valence electrons. The van der Waals surface area contributed by atoms with Gasteiger partial charge in [0.05, 0.1) is 12.2 Å². The smallest absolute Gasteiger partial charge is 0.104 e. The summed E-state index contributed by atoms with van der Waals surface area (Å²) in [5.41, 5.74) is 9.31. The minimum atomic E-state index is 0.326. The molecule has 6 heteroatoms. The number of nitrogens with two attached hydrogens (primary N) is 1. The van der Waals surface area contributed by atoms with Crippen molar-refractivity contribution in [1.29, 1.82) is 0 Å². The molecule has 3 rings (SSSR count). The van der Waals surface area contributed by atoms with Gasteiger partial charge in [-0.15, -0.1) is 5.10 Å². The number of aromatic nitrogens is 4. The normalized spacial score (nSPS) is 10.8. The Balaban J connectivity index is 2.04. The third-order valence-electron chi connectivity index (χ3n) is 3.21. The predicted octanol–water partition coefficient (Wildman–Crippen LogP) is 2.50. The molecule has 0 atom stereocenters. The first kappa shape index (κ1) is 13.7. The number of pyridine rings is 1. The molecule has 0 saturated heterocycles. The number of halogens is 1. The molecule has 0 spiro atoms. The van der Waals surface area contributed by atoms with Gasteiger partial charge < -0.3 is 5.73 Å². The Labute approximate surface area is 127 Å². The molecular weight excluding hydrogens is 286 g/mol. The molecule has 0 aliphatic heterocycles. The van der Waals surface area contributed by atoms with Gasteiger partial charge in [0.25, 0.3) is 0 Å². The Bertz CT molecular complexity index is 739. The number of hydrogen-bond acceptors (Lipinski definition) is 4. The predicted molar refractivity (Wildman–Crippen MR) is 81.7 cm³/mol. The van der Waals surface area contributed by atoms with E-state index in [0.717, 1.165) is 22.5 Å². The van der Waals surface area contributed by atoms with Crippen LogP contribution < -0.4 is 5.73 Å². The summed E-state index contributed by atoms with van der Waals surface area (Å²) in [5.74, 6) is 0. The van der Waals surface area contributed by atoms with Gasteiger partial charge in [0, 0.05) is 29.5 Å². The van der Waals surface area contributed by atoms with Crippen molar-refractivity contribution in [2.75, 3.05) is 0 Å². The highest BCUT2D eigenvalue weighted by Crippen LogP contribution is 2.23. The summed E-state index contributed by atoms with van der Waals surface area (Å²) in [5, 5.41) is 9.06. The van der Waals surface area contributed by atoms with Gasteiger partial charge in [-0.3, -0.25) is 4.98 Å². The second-order valence-corrected chi connectivity index (χ2v) is 4.99. The Kier molecular flexibility index (Phi) is 3.94. The lowest BCUT2D eigenvalue weighted by atomic mass is 10.1. The van der Waals surface area contributed by atoms with E-state index in [-0.39, 0.29) is 0 Å². The zero-order chi connectivity index (χ0) is 14.7. The molecule has 2 N–H and O–H groups in total.